The quantitative estimate of drug-likeness (QED) is 0.666. The molecule has 0 radical (unpaired) electrons. The van der Waals surface area contributed by atoms with Crippen LogP contribution in [0.2, 0.25) is 0 Å². The molecule has 7 heteroatoms. The van der Waals surface area contributed by atoms with E-state index in [0.717, 1.165) is 32.5 Å². The largest absolute Gasteiger partial charge is 0.423 e. The summed E-state index contributed by atoms with van der Waals surface area (Å²) in [6.45, 7) is 0. The van der Waals surface area contributed by atoms with Crippen LogP contribution < -0.4 is 10.6 Å². The molecule has 0 bridgehead atoms. The highest BCUT2D eigenvalue weighted by atomic mass is 79.9. The minimum absolute atomic E-state index is 0.451. The van der Waals surface area contributed by atoms with Crippen LogP contribution in [0, 0.1) is 0 Å². The Morgan fingerprint density at radius 1 is 1.17 bits per heavy atom. The van der Waals surface area contributed by atoms with E-state index in [1.54, 1.807) is 7.05 Å². The first kappa shape index (κ1) is 15.2. The number of carbonyl (C=O) groups excluding carboxylic acids is 1. The molecule has 1 aromatic heterocycles. The van der Waals surface area contributed by atoms with Crippen molar-refractivity contribution in [2.45, 2.75) is 0 Å². The molecule has 0 spiro atoms. The molecule has 23 heavy (non-hydrogen) atoms. The van der Waals surface area contributed by atoms with E-state index in [-0.39, 0.29) is 0 Å². The van der Waals surface area contributed by atoms with Gasteiger partial charge in [0.05, 0.1) is 16.9 Å². The Hall–Kier alpha value is -2.67. The van der Waals surface area contributed by atoms with Crippen LogP contribution in [0.1, 0.15) is 0 Å². The summed E-state index contributed by atoms with van der Waals surface area (Å²) in [6.07, 6.45) is 1.95. The Kier molecular flexibility index (Phi) is 4.38. The fourth-order valence-corrected chi connectivity index (χ4v) is 2.98. The zero-order valence-corrected chi connectivity index (χ0v) is 13.8. The Bertz CT molecular complexity index is 834. The minimum atomic E-state index is 0.451. The lowest BCUT2D eigenvalue weighted by Crippen LogP contribution is -1.99. The lowest BCUT2D eigenvalue weighted by molar-refractivity contribution is -0.105. The van der Waals surface area contributed by atoms with Crippen molar-refractivity contribution in [2.24, 2.45) is 0 Å². The fraction of sp³-hybridized carbons (Fsp3) is 0.0625. The second-order valence-corrected chi connectivity index (χ2v) is 5.48. The zero-order valence-electron chi connectivity index (χ0n) is 12.2. The van der Waals surface area contributed by atoms with E-state index in [2.05, 4.69) is 36.8 Å². The summed E-state index contributed by atoms with van der Waals surface area (Å²) in [7, 11) is 1.80. The van der Waals surface area contributed by atoms with Crippen molar-refractivity contribution in [3.63, 3.8) is 0 Å². The molecule has 0 saturated heterocycles. The average Bonchev–Trinajstić information content (AvgIpc) is 3.10. The lowest BCUT2D eigenvalue weighted by Gasteiger charge is -2.12. The van der Waals surface area contributed by atoms with Crippen molar-refractivity contribution in [2.75, 3.05) is 17.7 Å². The highest BCUT2D eigenvalue weighted by Gasteiger charge is 2.14. The number of rotatable bonds is 5. The molecule has 0 saturated carbocycles. The first-order valence-corrected chi connectivity index (χ1v) is 7.61. The second-order valence-electron chi connectivity index (χ2n) is 4.68. The standard InChI is InChI=1S/C16H13BrN4O2/c1-18-14-7-10(5-6-13(14)19-8-22)11-3-2-4-12(15(11)17)16-21-20-9-23-16/h2-9,18H,1H3,(H,19,22). The van der Waals surface area contributed by atoms with Crippen LogP contribution in [-0.2, 0) is 4.79 Å². The summed E-state index contributed by atoms with van der Waals surface area (Å²) < 4.78 is 6.14. The summed E-state index contributed by atoms with van der Waals surface area (Å²) in [4.78, 5) is 10.7. The molecule has 6 nitrogen and oxygen atoms in total. The van der Waals surface area contributed by atoms with Gasteiger partial charge >= 0.3 is 0 Å². The van der Waals surface area contributed by atoms with Gasteiger partial charge in [-0.3, -0.25) is 4.79 Å². The van der Waals surface area contributed by atoms with E-state index in [0.29, 0.717) is 12.3 Å². The molecule has 2 aromatic carbocycles. The van der Waals surface area contributed by atoms with Gasteiger partial charge in [0.1, 0.15) is 0 Å². The van der Waals surface area contributed by atoms with Crippen LogP contribution in [0.15, 0.2) is 51.7 Å². The Morgan fingerprint density at radius 2 is 2.00 bits per heavy atom. The number of anilines is 2. The third-order valence-corrected chi connectivity index (χ3v) is 4.26. The molecule has 0 aliphatic rings. The third-order valence-electron chi connectivity index (χ3n) is 3.40. The maximum Gasteiger partial charge on any atom is 0.248 e. The number of nitrogens with one attached hydrogen (secondary N) is 2. The van der Waals surface area contributed by atoms with E-state index < -0.39 is 0 Å². The van der Waals surface area contributed by atoms with Gasteiger partial charge in [-0.15, -0.1) is 10.2 Å². The van der Waals surface area contributed by atoms with Crippen molar-refractivity contribution in [1.29, 1.82) is 0 Å². The number of amides is 1. The Labute approximate surface area is 141 Å². The maximum atomic E-state index is 10.7. The number of benzene rings is 2. The molecule has 3 rings (SSSR count). The van der Waals surface area contributed by atoms with E-state index >= 15 is 0 Å². The predicted molar refractivity (Wildman–Crippen MR) is 92.1 cm³/mol. The van der Waals surface area contributed by atoms with Gasteiger partial charge in [-0.05, 0) is 45.3 Å². The molecule has 3 aromatic rings. The SMILES string of the molecule is CNc1cc(-c2cccc(-c3nnco3)c2Br)ccc1NC=O. The van der Waals surface area contributed by atoms with Gasteiger partial charge < -0.3 is 15.1 Å². The van der Waals surface area contributed by atoms with E-state index in [1.807, 2.05) is 36.4 Å². The van der Waals surface area contributed by atoms with Crippen LogP contribution in [-0.4, -0.2) is 23.7 Å². The van der Waals surface area contributed by atoms with Crippen molar-refractivity contribution in [1.82, 2.24) is 10.2 Å². The van der Waals surface area contributed by atoms with Crippen LogP contribution in [0.3, 0.4) is 0 Å². The number of carbonyl (C=O) groups is 1. The van der Waals surface area contributed by atoms with Crippen LogP contribution in [0.5, 0.6) is 0 Å². The molecule has 1 heterocycles. The predicted octanol–water partition coefficient (Wildman–Crippen LogP) is 3.78. The molecule has 2 N–H and O–H groups in total. The van der Waals surface area contributed by atoms with E-state index in [1.165, 1.54) is 6.39 Å². The number of aromatic nitrogens is 2. The monoisotopic (exact) mass is 372 g/mol. The first-order chi connectivity index (χ1) is 11.2. The molecule has 1 amide bonds. The maximum absolute atomic E-state index is 10.7. The Balaban J connectivity index is 2.09. The summed E-state index contributed by atoms with van der Waals surface area (Å²) in [5.41, 5.74) is 4.33. The molecule has 0 aliphatic carbocycles. The number of nitrogens with zero attached hydrogens (tertiary/aromatic N) is 2. The second kappa shape index (κ2) is 6.62. The van der Waals surface area contributed by atoms with E-state index in [4.69, 9.17) is 4.42 Å². The van der Waals surface area contributed by atoms with Crippen molar-refractivity contribution >= 4 is 33.7 Å². The van der Waals surface area contributed by atoms with Gasteiger partial charge in [-0.25, -0.2) is 0 Å². The highest BCUT2D eigenvalue weighted by Crippen LogP contribution is 2.37. The van der Waals surface area contributed by atoms with Crippen LogP contribution in [0.25, 0.3) is 22.6 Å². The van der Waals surface area contributed by atoms with Gasteiger partial charge in [0, 0.05) is 11.5 Å². The molecular formula is C16H13BrN4O2. The topological polar surface area (TPSA) is 80.1 Å². The highest BCUT2D eigenvalue weighted by molar-refractivity contribution is 9.10. The number of hydrogen-bond donors (Lipinski definition) is 2. The molecule has 0 atom stereocenters. The van der Waals surface area contributed by atoms with Crippen molar-refractivity contribution < 1.29 is 9.21 Å². The molecule has 0 aliphatic heterocycles. The lowest BCUT2D eigenvalue weighted by atomic mass is 10.0. The smallest absolute Gasteiger partial charge is 0.248 e. The number of hydrogen-bond acceptors (Lipinski definition) is 5. The normalized spacial score (nSPS) is 10.3. The average molecular weight is 373 g/mol. The summed E-state index contributed by atoms with van der Waals surface area (Å²) in [5.74, 6) is 0.451. The summed E-state index contributed by atoms with van der Waals surface area (Å²) in [5, 5.41) is 13.4. The Morgan fingerprint density at radius 3 is 2.70 bits per heavy atom. The molecule has 0 unspecified atom stereocenters. The molecule has 116 valence electrons. The van der Waals surface area contributed by atoms with Gasteiger partial charge in [0.15, 0.2) is 0 Å². The summed E-state index contributed by atoms with van der Waals surface area (Å²) >= 11 is 3.62. The van der Waals surface area contributed by atoms with Crippen LogP contribution >= 0.6 is 15.9 Å². The van der Waals surface area contributed by atoms with Gasteiger partial charge in [-0.2, -0.15) is 0 Å². The molecular weight excluding hydrogens is 360 g/mol. The minimum Gasteiger partial charge on any atom is -0.423 e. The number of halogens is 1. The first-order valence-electron chi connectivity index (χ1n) is 6.82. The third kappa shape index (κ3) is 2.95. The van der Waals surface area contributed by atoms with Crippen molar-refractivity contribution in [3.8, 4) is 22.6 Å². The van der Waals surface area contributed by atoms with E-state index in [9.17, 15) is 4.79 Å². The van der Waals surface area contributed by atoms with Gasteiger partial charge in [0.2, 0.25) is 18.7 Å². The fourth-order valence-electron chi connectivity index (χ4n) is 2.32. The summed E-state index contributed by atoms with van der Waals surface area (Å²) in [6, 6.07) is 11.6. The van der Waals surface area contributed by atoms with Crippen LogP contribution in [0.4, 0.5) is 11.4 Å². The zero-order chi connectivity index (χ0) is 16.2. The molecule has 0 fully saturated rings. The van der Waals surface area contributed by atoms with Gasteiger partial charge in [0.25, 0.3) is 0 Å². The van der Waals surface area contributed by atoms with Gasteiger partial charge in [-0.1, -0.05) is 18.2 Å². The van der Waals surface area contributed by atoms with Crippen molar-refractivity contribution in [3.05, 3.63) is 47.3 Å².